The van der Waals surface area contributed by atoms with Gasteiger partial charge in [-0.25, -0.2) is 0 Å². The maximum absolute atomic E-state index is 12.4. The van der Waals surface area contributed by atoms with Gasteiger partial charge < -0.3 is 10.4 Å². The Balaban J connectivity index is 2.17. The molecule has 1 aliphatic carbocycles. The van der Waals surface area contributed by atoms with Crippen molar-refractivity contribution >= 4 is 11.9 Å². The first-order valence-electron chi connectivity index (χ1n) is 7.46. The first-order valence-corrected chi connectivity index (χ1v) is 7.46. The van der Waals surface area contributed by atoms with Crippen LogP contribution in [0.4, 0.5) is 0 Å². The van der Waals surface area contributed by atoms with E-state index < -0.39 is 11.4 Å². The molecule has 0 bridgehead atoms. The predicted molar refractivity (Wildman–Crippen MR) is 81.4 cm³/mol. The first kappa shape index (κ1) is 15.5. The Bertz CT molecular complexity index is 567. The highest BCUT2D eigenvalue weighted by molar-refractivity contribution is 5.95. The van der Waals surface area contributed by atoms with Crippen molar-refractivity contribution in [3.63, 3.8) is 0 Å². The second-order valence-electron chi connectivity index (χ2n) is 6.29. The van der Waals surface area contributed by atoms with Gasteiger partial charge in [0.15, 0.2) is 0 Å². The highest BCUT2D eigenvalue weighted by atomic mass is 16.4. The van der Waals surface area contributed by atoms with Gasteiger partial charge in [0.1, 0.15) is 0 Å². The van der Waals surface area contributed by atoms with Crippen LogP contribution in [0.25, 0.3) is 0 Å². The van der Waals surface area contributed by atoms with Gasteiger partial charge in [0, 0.05) is 11.6 Å². The van der Waals surface area contributed by atoms with E-state index in [9.17, 15) is 14.7 Å². The Morgan fingerprint density at radius 3 is 2.57 bits per heavy atom. The number of aliphatic carboxylic acids is 1. The number of hydrogen-bond acceptors (Lipinski definition) is 2. The monoisotopic (exact) mass is 289 g/mol. The van der Waals surface area contributed by atoms with E-state index in [4.69, 9.17) is 0 Å². The van der Waals surface area contributed by atoms with Gasteiger partial charge in [0.05, 0.1) is 5.41 Å². The summed E-state index contributed by atoms with van der Waals surface area (Å²) in [4.78, 5) is 23.9. The summed E-state index contributed by atoms with van der Waals surface area (Å²) in [5, 5.41) is 12.4. The van der Waals surface area contributed by atoms with E-state index in [0.29, 0.717) is 12.0 Å². The molecule has 0 aliphatic heterocycles. The number of carbonyl (C=O) groups excluding carboxylic acids is 1. The van der Waals surface area contributed by atoms with Crippen LogP contribution in [0.5, 0.6) is 0 Å². The smallest absolute Gasteiger partial charge is 0.311 e. The summed E-state index contributed by atoms with van der Waals surface area (Å²) in [7, 11) is 0. The maximum Gasteiger partial charge on any atom is 0.311 e. The topological polar surface area (TPSA) is 66.4 Å². The summed E-state index contributed by atoms with van der Waals surface area (Å²) in [5.41, 5.74) is 1.93. The molecule has 0 heterocycles. The molecule has 1 aromatic rings. The lowest BCUT2D eigenvalue weighted by Crippen LogP contribution is -2.52. The molecule has 4 heteroatoms. The molecule has 2 atom stereocenters. The van der Waals surface area contributed by atoms with Crippen LogP contribution in [-0.2, 0) is 4.79 Å². The van der Waals surface area contributed by atoms with Gasteiger partial charge in [0.25, 0.3) is 5.91 Å². The molecular weight excluding hydrogens is 266 g/mol. The van der Waals surface area contributed by atoms with Crippen molar-refractivity contribution in [3.05, 3.63) is 34.9 Å². The van der Waals surface area contributed by atoms with E-state index in [1.165, 1.54) is 0 Å². The van der Waals surface area contributed by atoms with Gasteiger partial charge in [-0.1, -0.05) is 18.9 Å². The average molecular weight is 289 g/mol. The largest absolute Gasteiger partial charge is 0.481 e. The number of carbonyl (C=O) groups is 2. The summed E-state index contributed by atoms with van der Waals surface area (Å²) in [6.07, 6.45) is 3.19. The molecule has 2 unspecified atom stereocenters. The quantitative estimate of drug-likeness (QED) is 0.898. The van der Waals surface area contributed by atoms with Gasteiger partial charge >= 0.3 is 5.97 Å². The number of carboxylic acid groups (broad SMARTS) is 1. The highest BCUT2D eigenvalue weighted by Gasteiger charge is 2.43. The second kappa shape index (κ2) is 5.88. The van der Waals surface area contributed by atoms with Crippen LogP contribution in [0.15, 0.2) is 18.2 Å². The van der Waals surface area contributed by atoms with Crippen molar-refractivity contribution < 1.29 is 14.7 Å². The summed E-state index contributed by atoms with van der Waals surface area (Å²) >= 11 is 0. The molecule has 114 valence electrons. The molecule has 1 saturated carbocycles. The van der Waals surface area contributed by atoms with E-state index in [1.54, 1.807) is 13.0 Å². The first-order chi connectivity index (χ1) is 9.84. The van der Waals surface area contributed by atoms with Crippen molar-refractivity contribution in [2.24, 2.45) is 5.41 Å². The van der Waals surface area contributed by atoms with Crippen LogP contribution in [0.2, 0.25) is 0 Å². The van der Waals surface area contributed by atoms with Gasteiger partial charge in [-0.15, -0.1) is 0 Å². The molecule has 2 N–H and O–H groups in total. The Morgan fingerprint density at radius 2 is 1.95 bits per heavy atom. The van der Waals surface area contributed by atoms with Crippen LogP contribution >= 0.6 is 0 Å². The normalized spacial score (nSPS) is 25.4. The van der Waals surface area contributed by atoms with E-state index >= 15 is 0 Å². The minimum Gasteiger partial charge on any atom is -0.481 e. The van der Waals surface area contributed by atoms with Crippen LogP contribution < -0.4 is 5.32 Å². The van der Waals surface area contributed by atoms with Crippen molar-refractivity contribution in [2.75, 3.05) is 0 Å². The summed E-state index contributed by atoms with van der Waals surface area (Å²) in [6.45, 7) is 5.70. The molecule has 21 heavy (non-hydrogen) atoms. The maximum atomic E-state index is 12.4. The van der Waals surface area contributed by atoms with Crippen LogP contribution in [0.3, 0.4) is 0 Å². The number of hydrogen-bond donors (Lipinski definition) is 2. The van der Waals surface area contributed by atoms with Gasteiger partial charge in [-0.3, -0.25) is 9.59 Å². The number of nitrogens with one attached hydrogen (secondary N) is 1. The molecule has 0 aromatic heterocycles. The van der Waals surface area contributed by atoms with Crippen LogP contribution in [0, 0.1) is 19.3 Å². The van der Waals surface area contributed by atoms with E-state index in [0.717, 1.165) is 30.4 Å². The molecule has 1 aliphatic rings. The van der Waals surface area contributed by atoms with Crippen molar-refractivity contribution in [2.45, 2.75) is 52.5 Å². The minimum atomic E-state index is -0.867. The SMILES string of the molecule is Cc1ccc(C(=O)NC2CCCCC2(C)C(=O)O)cc1C. The predicted octanol–water partition coefficient (Wildman–Crippen LogP) is 3.07. The van der Waals surface area contributed by atoms with E-state index in [2.05, 4.69) is 5.32 Å². The average Bonchev–Trinajstić information content (AvgIpc) is 2.44. The van der Waals surface area contributed by atoms with Gasteiger partial charge in [0.2, 0.25) is 0 Å². The standard InChI is InChI=1S/C17H23NO3/c1-11-7-8-13(10-12(11)2)15(19)18-14-6-4-5-9-17(14,3)16(20)21/h7-8,10,14H,4-6,9H2,1-3H3,(H,18,19)(H,20,21). The van der Waals surface area contributed by atoms with E-state index in [-0.39, 0.29) is 11.9 Å². The molecule has 0 radical (unpaired) electrons. The molecule has 2 rings (SSSR count). The summed E-state index contributed by atoms with van der Waals surface area (Å²) < 4.78 is 0. The van der Waals surface area contributed by atoms with Crippen molar-refractivity contribution in [1.82, 2.24) is 5.32 Å². The zero-order valence-electron chi connectivity index (χ0n) is 12.9. The Labute approximate surface area is 125 Å². The zero-order valence-corrected chi connectivity index (χ0v) is 12.9. The number of amides is 1. The highest BCUT2D eigenvalue weighted by Crippen LogP contribution is 2.36. The van der Waals surface area contributed by atoms with Gasteiger partial charge in [-0.2, -0.15) is 0 Å². The molecule has 1 fully saturated rings. The molecule has 0 saturated heterocycles. The molecule has 4 nitrogen and oxygen atoms in total. The zero-order chi connectivity index (χ0) is 15.6. The fourth-order valence-corrected chi connectivity index (χ4v) is 2.95. The Morgan fingerprint density at radius 1 is 1.24 bits per heavy atom. The molecule has 1 aromatic carbocycles. The van der Waals surface area contributed by atoms with Crippen LogP contribution in [-0.4, -0.2) is 23.0 Å². The van der Waals surface area contributed by atoms with Crippen molar-refractivity contribution in [3.8, 4) is 0 Å². The third-order valence-corrected chi connectivity index (χ3v) is 4.77. The lowest BCUT2D eigenvalue weighted by molar-refractivity contribution is -0.151. The molecule has 1 amide bonds. The lowest BCUT2D eigenvalue weighted by Gasteiger charge is -2.38. The lowest BCUT2D eigenvalue weighted by atomic mass is 9.71. The summed E-state index contributed by atoms with van der Waals surface area (Å²) in [6, 6.07) is 5.25. The van der Waals surface area contributed by atoms with Crippen LogP contribution in [0.1, 0.15) is 54.1 Å². The number of aryl methyl sites for hydroxylation is 2. The third kappa shape index (κ3) is 3.09. The fourth-order valence-electron chi connectivity index (χ4n) is 2.95. The number of benzene rings is 1. The Kier molecular flexibility index (Phi) is 4.35. The van der Waals surface area contributed by atoms with Crippen molar-refractivity contribution in [1.29, 1.82) is 0 Å². The molecular formula is C17H23NO3. The second-order valence-corrected chi connectivity index (χ2v) is 6.29. The number of rotatable bonds is 3. The van der Waals surface area contributed by atoms with E-state index in [1.807, 2.05) is 26.0 Å². The Hall–Kier alpha value is -1.84. The fraction of sp³-hybridized carbons (Fsp3) is 0.529. The third-order valence-electron chi connectivity index (χ3n) is 4.77. The minimum absolute atomic E-state index is 0.183. The number of carboxylic acids is 1. The van der Waals surface area contributed by atoms with Gasteiger partial charge in [-0.05, 0) is 56.9 Å². The summed E-state index contributed by atoms with van der Waals surface area (Å²) in [5.74, 6) is -1.01. The molecule has 0 spiro atoms.